The number of nitriles is 1. The van der Waals surface area contributed by atoms with Gasteiger partial charge in [-0.15, -0.1) is 0 Å². The van der Waals surface area contributed by atoms with Gasteiger partial charge in [-0.3, -0.25) is 14.4 Å². The van der Waals surface area contributed by atoms with Crippen molar-refractivity contribution < 1.29 is 23.9 Å². The Morgan fingerprint density at radius 3 is 2.51 bits per heavy atom. The van der Waals surface area contributed by atoms with E-state index in [1.165, 1.54) is 0 Å². The fourth-order valence-electron chi connectivity index (χ4n) is 3.65. The molecule has 0 saturated carbocycles. The van der Waals surface area contributed by atoms with Crippen molar-refractivity contribution in [1.82, 2.24) is 5.32 Å². The van der Waals surface area contributed by atoms with Crippen LogP contribution in [-0.2, 0) is 19.1 Å². The third-order valence-corrected chi connectivity index (χ3v) is 6.64. The van der Waals surface area contributed by atoms with E-state index in [1.807, 2.05) is 6.92 Å². The molecular formula is C25H24BrN3O5S. The Morgan fingerprint density at radius 1 is 1.14 bits per heavy atom. The lowest BCUT2D eigenvalue weighted by molar-refractivity contribution is -0.152. The van der Waals surface area contributed by atoms with Gasteiger partial charge in [0.1, 0.15) is 11.7 Å². The summed E-state index contributed by atoms with van der Waals surface area (Å²) in [4.78, 5) is 38.4. The van der Waals surface area contributed by atoms with Crippen molar-refractivity contribution in [2.75, 3.05) is 24.3 Å². The molecule has 0 radical (unpaired) electrons. The van der Waals surface area contributed by atoms with E-state index in [4.69, 9.17) is 9.47 Å². The standard InChI is InChI=1S/C25H24BrN3O5S/c1-3-33-19-8-6-5-7-17(19)21-18(13-27)24(29-23(31)22(21)25(32)34-4-2)35-14-20(30)28-16-11-9-15(26)10-12-16/h5-12,21-22H,3-4,14H2,1-2H3,(H,28,30)(H,29,31)/t21-,22-/m1/s1. The van der Waals surface area contributed by atoms with Crippen LogP contribution in [0.4, 0.5) is 5.69 Å². The Hall–Kier alpha value is -3.29. The number of anilines is 1. The van der Waals surface area contributed by atoms with Crippen LogP contribution in [0.15, 0.2) is 63.6 Å². The van der Waals surface area contributed by atoms with Gasteiger partial charge in [-0.2, -0.15) is 5.26 Å². The average molecular weight is 558 g/mol. The highest BCUT2D eigenvalue weighted by Crippen LogP contribution is 2.43. The number of benzene rings is 2. The van der Waals surface area contributed by atoms with Gasteiger partial charge in [0.05, 0.1) is 35.6 Å². The first-order chi connectivity index (χ1) is 16.9. The number of para-hydroxylation sites is 1. The highest BCUT2D eigenvalue weighted by molar-refractivity contribution is 9.10. The number of halogens is 1. The summed E-state index contributed by atoms with van der Waals surface area (Å²) in [6.07, 6.45) is 0. The topological polar surface area (TPSA) is 118 Å². The fraction of sp³-hybridized carbons (Fsp3) is 0.280. The predicted octanol–water partition coefficient (Wildman–Crippen LogP) is 4.35. The molecule has 3 rings (SSSR count). The van der Waals surface area contributed by atoms with E-state index < -0.39 is 23.7 Å². The van der Waals surface area contributed by atoms with Gasteiger partial charge < -0.3 is 20.1 Å². The van der Waals surface area contributed by atoms with Gasteiger partial charge in [-0.25, -0.2) is 0 Å². The largest absolute Gasteiger partial charge is 0.494 e. The third-order valence-electron chi connectivity index (χ3n) is 5.10. The maximum absolute atomic E-state index is 13.1. The Balaban J connectivity index is 1.94. The van der Waals surface area contributed by atoms with Crippen LogP contribution >= 0.6 is 27.7 Å². The van der Waals surface area contributed by atoms with Gasteiger partial charge in [-0.05, 0) is 44.2 Å². The number of allylic oxidation sites excluding steroid dienone is 1. The minimum absolute atomic E-state index is 0.0548. The summed E-state index contributed by atoms with van der Waals surface area (Å²) in [6, 6.07) is 16.2. The second kappa shape index (κ2) is 12.4. The van der Waals surface area contributed by atoms with Crippen LogP contribution in [0.1, 0.15) is 25.3 Å². The van der Waals surface area contributed by atoms with Crippen molar-refractivity contribution in [1.29, 1.82) is 5.26 Å². The molecule has 1 heterocycles. The van der Waals surface area contributed by atoms with Crippen molar-refractivity contribution in [2.24, 2.45) is 5.92 Å². The number of ether oxygens (including phenoxy) is 2. The fourth-order valence-corrected chi connectivity index (χ4v) is 4.77. The maximum Gasteiger partial charge on any atom is 0.319 e. The Morgan fingerprint density at radius 2 is 1.86 bits per heavy atom. The van der Waals surface area contributed by atoms with E-state index in [-0.39, 0.29) is 28.9 Å². The van der Waals surface area contributed by atoms with Crippen LogP contribution in [-0.4, -0.2) is 36.8 Å². The first-order valence-electron chi connectivity index (χ1n) is 10.9. The van der Waals surface area contributed by atoms with Crippen LogP contribution < -0.4 is 15.4 Å². The molecule has 0 fully saturated rings. The zero-order valence-corrected chi connectivity index (χ0v) is 21.6. The zero-order chi connectivity index (χ0) is 25.4. The van der Waals surface area contributed by atoms with Gasteiger partial charge in [0.2, 0.25) is 11.8 Å². The van der Waals surface area contributed by atoms with Gasteiger partial charge in [0.15, 0.2) is 0 Å². The molecule has 2 N–H and O–H groups in total. The van der Waals surface area contributed by atoms with E-state index in [2.05, 4.69) is 32.6 Å². The smallest absolute Gasteiger partial charge is 0.319 e. The van der Waals surface area contributed by atoms with Crippen LogP contribution in [0.2, 0.25) is 0 Å². The molecule has 0 unspecified atom stereocenters. The molecule has 35 heavy (non-hydrogen) atoms. The predicted molar refractivity (Wildman–Crippen MR) is 136 cm³/mol. The summed E-state index contributed by atoms with van der Waals surface area (Å²) >= 11 is 4.36. The molecule has 2 atom stereocenters. The van der Waals surface area contributed by atoms with Crippen LogP contribution in [0.5, 0.6) is 5.75 Å². The quantitative estimate of drug-likeness (QED) is 0.347. The first-order valence-corrected chi connectivity index (χ1v) is 12.7. The normalized spacial score (nSPS) is 17.3. The molecule has 0 bridgehead atoms. The molecule has 0 spiro atoms. The molecule has 2 amide bonds. The molecule has 2 aromatic carbocycles. The Labute approximate surface area is 216 Å². The number of carbonyl (C=O) groups excluding carboxylic acids is 3. The van der Waals surface area contributed by atoms with Crippen LogP contribution in [0, 0.1) is 17.2 Å². The van der Waals surface area contributed by atoms with E-state index in [0.29, 0.717) is 23.6 Å². The molecule has 182 valence electrons. The van der Waals surface area contributed by atoms with E-state index in [9.17, 15) is 19.6 Å². The van der Waals surface area contributed by atoms with E-state index >= 15 is 0 Å². The van der Waals surface area contributed by atoms with Crippen molar-refractivity contribution in [3.8, 4) is 11.8 Å². The van der Waals surface area contributed by atoms with Crippen molar-refractivity contribution in [3.05, 3.63) is 69.2 Å². The number of nitrogens with one attached hydrogen (secondary N) is 2. The minimum atomic E-state index is -1.27. The SMILES string of the molecule is CCOC(=O)[C@H]1C(=O)NC(SCC(=O)Nc2ccc(Br)cc2)=C(C#N)[C@H]1c1ccccc1OCC. The van der Waals surface area contributed by atoms with Gasteiger partial charge in [-0.1, -0.05) is 45.9 Å². The zero-order valence-electron chi connectivity index (χ0n) is 19.2. The van der Waals surface area contributed by atoms with E-state index in [1.54, 1.807) is 55.5 Å². The highest BCUT2D eigenvalue weighted by atomic mass is 79.9. The number of carbonyl (C=O) groups is 3. The van der Waals surface area contributed by atoms with Crippen molar-refractivity contribution >= 4 is 51.2 Å². The lowest BCUT2D eigenvalue weighted by Gasteiger charge is -2.32. The summed E-state index contributed by atoms with van der Waals surface area (Å²) in [5.74, 6) is -3.43. The van der Waals surface area contributed by atoms with Crippen LogP contribution in [0.3, 0.4) is 0 Å². The molecule has 0 aromatic heterocycles. The lowest BCUT2D eigenvalue weighted by atomic mass is 9.78. The molecular weight excluding hydrogens is 534 g/mol. The summed E-state index contributed by atoms with van der Waals surface area (Å²) < 4.78 is 11.8. The van der Waals surface area contributed by atoms with Gasteiger partial charge in [0.25, 0.3) is 0 Å². The molecule has 1 aliphatic rings. The van der Waals surface area contributed by atoms with Crippen LogP contribution in [0.25, 0.3) is 0 Å². The van der Waals surface area contributed by atoms with E-state index in [0.717, 1.165) is 16.2 Å². The number of rotatable bonds is 9. The number of hydrogen-bond acceptors (Lipinski definition) is 7. The Kier molecular flexibility index (Phi) is 9.34. The van der Waals surface area contributed by atoms with Gasteiger partial charge >= 0.3 is 5.97 Å². The summed E-state index contributed by atoms with van der Waals surface area (Å²) in [5, 5.41) is 15.7. The number of nitrogens with zero attached hydrogens (tertiary/aromatic N) is 1. The number of hydrogen-bond donors (Lipinski definition) is 2. The van der Waals surface area contributed by atoms with Crippen molar-refractivity contribution in [3.63, 3.8) is 0 Å². The molecule has 10 heteroatoms. The third kappa shape index (κ3) is 6.44. The second-order valence-electron chi connectivity index (χ2n) is 7.37. The second-order valence-corrected chi connectivity index (χ2v) is 9.27. The number of thioether (sulfide) groups is 1. The molecule has 0 saturated heterocycles. The summed E-state index contributed by atoms with van der Waals surface area (Å²) in [6.45, 7) is 3.92. The Bertz CT molecular complexity index is 1180. The maximum atomic E-state index is 13.1. The minimum Gasteiger partial charge on any atom is -0.494 e. The first kappa shape index (κ1) is 26.3. The monoisotopic (exact) mass is 557 g/mol. The summed E-state index contributed by atoms with van der Waals surface area (Å²) in [5.41, 5.74) is 1.30. The molecule has 2 aromatic rings. The molecule has 8 nitrogen and oxygen atoms in total. The van der Waals surface area contributed by atoms with Crippen molar-refractivity contribution in [2.45, 2.75) is 19.8 Å². The molecule has 0 aliphatic carbocycles. The lowest BCUT2D eigenvalue weighted by Crippen LogP contribution is -2.44. The highest BCUT2D eigenvalue weighted by Gasteiger charge is 2.45. The number of amides is 2. The van der Waals surface area contributed by atoms with Gasteiger partial charge in [0, 0.05) is 21.6 Å². The number of esters is 1. The summed E-state index contributed by atoms with van der Waals surface area (Å²) in [7, 11) is 0. The molecule has 1 aliphatic heterocycles. The average Bonchev–Trinajstić information content (AvgIpc) is 2.84.